The monoisotopic (exact) mass is 254 g/mol. The number of pyridine rings is 1. The molecule has 1 aromatic heterocycles. The molecule has 0 saturated carbocycles. The summed E-state index contributed by atoms with van der Waals surface area (Å²) in [5.74, 6) is -0.206. The van der Waals surface area contributed by atoms with Crippen LogP contribution in [0, 0.1) is 6.92 Å². The van der Waals surface area contributed by atoms with Gasteiger partial charge in [-0.3, -0.25) is 4.79 Å². The summed E-state index contributed by atoms with van der Waals surface area (Å²) in [7, 11) is 0. The predicted octanol–water partition coefficient (Wildman–Crippen LogP) is 1.87. The van der Waals surface area contributed by atoms with Gasteiger partial charge in [-0.05, 0) is 19.1 Å². The second kappa shape index (κ2) is 5.05. The van der Waals surface area contributed by atoms with E-state index in [9.17, 15) is 4.79 Å². The van der Waals surface area contributed by atoms with E-state index in [-0.39, 0.29) is 11.7 Å². The standard InChI is InChI=1S/C11H11ClN2O3/c1-7-8(2-3-10(12)13-7)14-11(15)9-6-16-4-5-17-9/h2-3,6H,4-5H2,1H3,(H,14,15). The van der Waals surface area contributed by atoms with Crippen molar-refractivity contribution in [2.24, 2.45) is 0 Å². The molecule has 0 aliphatic carbocycles. The summed E-state index contributed by atoms with van der Waals surface area (Å²) in [4.78, 5) is 15.8. The van der Waals surface area contributed by atoms with Crippen LogP contribution in [0.1, 0.15) is 5.69 Å². The van der Waals surface area contributed by atoms with Crippen LogP contribution in [-0.2, 0) is 14.3 Å². The van der Waals surface area contributed by atoms with Gasteiger partial charge in [0.2, 0.25) is 5.76 Å². The third kappa shape index (κ3) is 2.88. The lowest BCUT2D eigenvalue weighted by molar-refractivity contribution is -0.117. The first-order valence-electron chi connectivity index (χ1n) is 5.06. The molecule has 1 aromatic rings. The zero-order valence-electron chi connectivity index (χ0n) is 9.20. The second-order valence-electron chi connectivity index (χ2n) is 3.42. The molecule has 0 atom stereocenters. The quantitative estimate of drug-likeness (QED) is 0.819. The first-order valence-corrected chi connectivity index (χ1v) is 5.43. The zero-order chi connectivity index (χ0) is 12.3. The smallest absolute Gasteiger partial charge is 0.294 e. The molecule has 2 rings (SSSR count). The Balaban J connectivity index is 2.10. The van der Waals surface area contributed by atoms with Crippen molar-refractivity contribution in [3.8, 4) is 0 Å². The van der Waals surface area contributed by atoms with Crippen LogP contribution in [0.2, 0.25) is 5.15 Å². The van der Waals surface area contributed by atoms with Gasteiger partial charge in [-0.25, -0.2) is 4.98 Å². The van der Waals surface area contributed by atoms with Crippen LogP contribution >= 0.6 is 11.6 Å². The number of amides is 1. The number of anilines is 1. The molecule has 0 fully saturated rings. The Morgan fingerprint density at radius 2 is 2.29 bits per heavy atom. The maximum atomic E-state index is 11.8. The van der Waals surface area contributed by atoms with E-state index in [1.165, 1.54) is 6.26 Å². The fraction of sp³-hybridized carbons (Fsp3) is 0.273. The summed E-state index contributed by atoms with van der Waals surface area (Å²) in [6, 6.07) is 3.30. The zero-order valence-corrected chi connectivity index (χ0v) is 9.95. The van der Waals surface area contributed by atoms with Gasteiger partial charge >= 0.3 is 0 Å². The van der Waals surface area contributed by atoms with Gasteiger partial charge in [0.15, 0.2) is 0 Å². The number of nitrogens with one attached hydrogen (secondary N) is 1. The number of halogens is 1. The van der Waals surface area contributed by atoms with E-state index >= 15 is 0 Å². The summed E-state index contributed by atoms with van der Waals surface area (Å²) in [6.45, 7) is 2.59. The van der Waals surface area contributed by atoms with E-state index in [0.29, 0.717) is 29.7 Å². The van der Waals surface area contributed by atoms with Crippen molar-refractivity contribution in [3.05, 3.63) is 35.0 Å². The largest absolute Gasteiger partial charge is 0.494 e. The van der Waals surface area contributed by atoms with Crippen molar-refractivity contribution in [2.45, 2.75) is 6.92 Å². The van der Waals surface area contributed by atoms with Crippen LogP contribution in [0.3, 0.4) is 0 Å². The normalized spacial score (nSPS) is 14.4. The highest BCUT2D eigenvalue weighted by Gasteiger charge is 2.16. The number of nitrogens with zero attached hydrogens (tertiary/aromatic N) is 1. The molecule has 5 nitrogen and oxygen atoms in total. The number of aryl methyl sites for hydroxylation is 1. The van der Waals surface area contributed by atoms with Crippen LogP contribution in [-0.4, -0.2) is 24.1 Å². The SMILES string of the molecule is Cc1nc(Cl)ccc1NC(=O)C1=COCCO1. The van der Waals surface area contributed by atoms with Gasteiger partial charge in [-0.1, -0.05) is 11.6 Å². The van der Waals surface area contributed by atoms with Gasteiger partial charge in [0.05, 0.1) is 11.4 Å². The number of ether oxygens (including phenoxy) is 2. The lowest BCUT2D eigenvalue weighted by Crippen LogP contribution is -2.21. The molecule has 1 aliphatic rings. The molecule has 0 unspecified atom stereocenters. The van der Waals surface area contributed by atoms with E-state index in [1.807, 2.05) is 0 Å². The topological polar surface area (TPSA) is 60.5 Å². The molecule has 1 amide bonds. The Morgan fingerprint density at radius 3 is 2.94 bits per heavy atom. The van der Waals surface area contributed by atoms with E-state index < -0.39 is 0 Å². The van der Waals surface area contributed by atoms with Crippen molar-refractivity contribution < 1.29 is 14.3 Å². The number of aromatic nitrogens is 1. The van der Waals surface area contributed by atoms with Gasteiger partial charge in [0.1, 0.15) is 24.6 Å². The molecule has 90 valence electrons. The first-order chi connectivity index (χ1) is 8.16. The van der Waals surface area contributed by atoms with Crippen LogP contribution in [0.4, 0.5) is 5.69 Å². The maximum absolute atomic E-state index is 11.8. The van der Waals surface area contributed by atoms with Crippen molar-refractivity contribution in [1.82, 2.24) is 4.98 Å². The second-order valence-corrected chi connectivity index (χ2v) is 3.81. The number of rotatable bonds is 2. The molecule has 0 bridgehead atoms. The van der Waals surface area contributed by atoms with Gasteiger partial charge in [-0.2, -0.15) is 0 Å². The van der Waals surface area contributed by atoms with Crippen molar-refractivity contribution in [3.63, 3.8) is 0 Å². The molecule has 0 radical (unpaired) electrons. The Hall–Kier alpha value is -1.75. The number of hydrogen-bond acceptors (Lipinski definition) is 4. The van der Waals surface area contributed by atoms with Gasteiger partial charge in [-0.15, -0.1) is 0 Å². The Kier molecular flexibility index (Phi) is 3.49. The van der Waals surface area contributed by atoms with Crippen molar-refractivity contribution in [2.75, 3.05) is 18.5 Å². The summed E-state index contributed by atoms with van der Waals surface area (Å²) in [5.41, 5.74) is 1.23. The molecule has 0 saturated heterocycles. The summed E-state index contributed by atoms with van der Waals surface area (Å²) >= 11 is 5.72. The lowest BCUT2D eigenvalue weighted by atomic mass is 10.3. The third-order valence-corrected chi connectivity index (χ3v) is 2.38. The van der Waals surface area contributed by atoms with Crippen LogP contribution < -0.4 is 5.32 Å². The Bertz CT molecular complexity index is 474. The van der Waals surface area contributed by atoms with Gasteiger partial charge in [0.25, 0.3) is 5.91 Å². The lowest BCUT2D eigenvalue weighted by Gasteiger charge is -2.15. The first kappa shape index (κ1) is 11.7. The van der Waals surface area contributed by atoms with E-state index in [1.54, 1.807) is 19.1 Å². The number of carbonyl (C=O) groups is 1. The number of hydrogen-bond donors (Lipinski definition) is 1. The molecular weight excluding hydrogens is 244 g/mol. The molecule has 1 N–H and O–H groups in total. The summed E-state index contributed by atoms with van der Waals surface area (Å²) < 4.78 is 10.2. The van der Waals surface area contributed by atoms with Gasteiger partial charge in [0, 0.05) is 0 Å². The minimum Gasteiger partial charge on any atom is -0.494 e. The minimum absolute atomic E-state index is 0.158. The fourth-order valence-corrected chi connectivity index (χ4v) is 1.52. The molecular formula is C11H11ClN2O3. The average molecular weight is 255 g/mol. The van der Waals surface area contributed by atoms with E-state index in [0.717, 1.165) is 0 Å². The number of carbonyl (C=O) groups excluding carboxylic acids is 1. The molecule has 1 aliphatic heterocycles. The van der Waals surface area contributed by atoms with Gasteiger partial charge < -0.3 is 14.8 Å². The van der Waals surface area contributed by atoms with Crippen molar-refractivity contribution in [1.29, 1.82) is 0 Å². The minimum atomic E-state index is -0.364. The highest BCUT2D eigenvalue weighted by Crippen LogP contribution is 2.17. The van der Waals surface area contributed by atoms with Crippen LogP contribution in [0.15, 0.2) is 24.2 Å². The highest BCUT2D eigenvalue weighted by atomic mass is 35.5. The van der Waals surface area contributed by atoms with Crippen molar-refractivity contribution >= 4 is 23.2 Å². The fourth-order valence-electron chi connectivity index (χ4n) is 1.33. The predicted molar refractivity (Wildman–Crippen MR) is 62.6 cm³/mol. The van der Waals surface area contributed by atoms with E-state index in [4.69, 9.17) is 21.1 Å². The molecule has 2 heterocycles. The third-order valence-electron chi connectivity index (χ3n) is 2.17. The molecule has 6 heteroatoms. The highest BCUT2D eigenvalue weighted by molar-refractivity contribution is 6.29. The molecule has 17 heavy (non-hydrogen) atoms. The summed E-state index contributed by atoms with van der Waals surface area (Å²) in [6.07, 6.45) is 1.30. The summed E-state index contributed by atoms with van der Waals surface area (Å²) in [5, 5.41) is 3.06. The van der Waals surface area contributed by atoms with Crippen LogP contribution in [0.5, 0.6) is 0 Å². The van der Waals surface area contributed by atoms with Crippen LogP contribution in [0.25, 0.3) is 0 Å². The maximum Gasteiger partial charge on any atom is 0.294 e. The van der Waals surface area contributed by atoms with E-state index in [2.05, 4.69) is 10.3 Å². The molecule has 0 spiro atoms. The Labute approximate surface area is 103 Å². The average Bonchev–Trinajstić information content (AvgIpc) is 2.34. The Morgan fingerprint density at radius 1 is 1.47 bits per heavy atom. The molecule has 0 aromatic carbocycles.